The summed E-state index contributed by atoms with van der Waals surface area (Å²) in [5, 5.41) is 2.65. The normalized spacial score (nSPS) is 12.2. The molecule has 1 amide bonds. The smallest absolute Gasteiger partial charge is 0.264 e. The van der Waals surface area contributed by atoms with E-state index in [1.807, 2.05) is 20.8 Å². The van der Waals surface area contributed by atoms with Crippen LogP contribution in [0.1, 0.15) is 37.6 Å². The van der Waals surface area contributed by atoms with Crippen molar-refractivity contribution in [1.82, 2.24) is 5.32 Å². The van der Waals surface area contributed by atoms with Gasteiger partial charge in [0.05, 0.1) is 0 Å². The maximum absolute atomic E-state index is 13.3. The molecule has 20 heavy (non-hydrogen) atoms. The summed E-state index contributed by atoms with van der Waals surface area (Å²) in [4.78, 5) is 11.2. The van der Waals surface area contributed by atoms with E-state index in [2.05, 4.69) is 5.32 Å². The van der Waals surface area contributed by atoms with Gasteiger partial charge in [-0.15, -0.1) is 0 Å². The highest BCUT2D eigenvalue weighted by Crippen LogP contribution is 2.21. The molecule has 1 aromatic rings. The van der Waals surface area contributed by atoms with E-state index in [0.717, 1.165) is 18.6 Å². The van der Waals surface area contributed by atoms with E-state index in [0.29, 0.717) is 6.54 Å². The molecular formula is C13H17ClFNO3S. The SMILES string of the molecule is CC(C)(C)CCNC(=O)c1ccc(F)c(S(=O)(=O)Cl)c1. The lowest BCUT2D eigenvalue weighted by molar-refractivity contribution is 0.0949. The Morgan fingerprint density at radius 1 is 1.35 bits per heavy atom. The Morgan fingerprint density at radius 2 is 1.95 bits per heavy atom. The molecule has 0 bridgehead atoms. The Morgan fingerprint density at radius 3 is 2.45 bits per heavy atom. The van der Waals surface area contributed by atoms with Gasteiger partial charge in [-0.3, -0.25) is 4.79 Å². The molecule has 4 nitrogen and oxygen atoms in total. The number of amides is 1. The monoisotopic (exact) mass is 321 g/mol. The van der Waals surface area contributed by atoms with Crippen LogP contribution < -0.4 is 5.32 Å². The van der Waals surface area contributed by atoms with Crippen LogP contribution in [0.3, 0.4) is 0 Å². The van der Waals surface area contributed by atoms with Gasteiger partial charge in [0.15, 0.2) is 0 Å². The van der Waals surface area contributed by atoms with E-state index in [1.54, 1.807) is 0 Å². The zero-order valence-corrected chi connectivity index (χ0v) is 13.1. The molecule has 7 heteroatoms. The summed E-state index contributed by atoms with van der Waals surface area (Å²) in [6.07, 6.45) is 0.764. The van der Waals surface area contributed by atoms with Gasteiger partial charge in [-0.25, -0.2) is 12.8 Å². The number of rotatable bonds is 4. The van der Waals surface area contributed by atoms with Gasteiger partial charge in [-0.05, 0) is 30.0 Å². The lowest BCUT2D eigenvalue weighted by Crippen LogP contribution is -2.27. The van der Waals surface area contributed by atoms with Gasteiger partial charge in [0.25, 0.3) is 15.0 Å². The van der Waals surface area contributed by atoms with E-state index in [9.17, 15) is 17.6 Å². The van der Waals surface area contributed by atoms with Crippen molar-refractivity contribution < 1.29 is 17.6 Å². The number of hydrogen-bond donors (Lipinski definition) is 1. The van der Waals surface area contributed by atoms with Gasteiger partial charge in [0.1, 0.15) is 10.7 Å². The van der Waals surface area contributed by atoms with Crippen LogP contribution in [0.15, 0.2) is 23.1 Å². The van der Waals surface area contributed by atoms with Crippen molar-refractivity contribution in [2.24, 2.45) is 5.41 Å². The molecule has 0 unspecified atom stereocenters. The Kier molecular flexibility index (Phi) is 5.15. The fourth-order valence-electron chi connectivity index (χ4n) is 1.48. The van der Waals surface area contributed by atoms with Gasteiger partial charge in [0, 0.05) is 22.8 Å². The first kappa shape index (κ1) is 16.9. The maximum atomic E-state index is 13.3. The summed E-state index contributed by atoms with van der Waals surface area (Å²) in [5.41, 5.74) is 0.125. The molecule has 0 spiro atoms. The number of nitrogens with one attached hydrogen (secondary N) is 1. The highest BCUT2D eigenvalue weighted by molar-refractivity contribution is 8.13. The second kappa shape index (κ2) is 6.10. The summed E-state index contributed by atoms with van der Waals surface area (Å²) >= 11 is 0. The van der Waals surface area contributed by atoms with Gasteiger partial charge in [-0.1, -0.05) is 20.8 Å². The Labute approximate surface area is 122 Å². The second-order valence-electron chi connectivity index (χ2n) is 5.65. The molecule has 0 heterocycles. The predicted molar refractivity (Wildman–Crippen MR) is 75.8 cm³/mol. The summed E-state index contributed by atoms with van der Waals surface area (Å²) in [6.45, 7) is 6.56. The van der Waals surface area contributed by atoms with E-state index in [-0.39, 0.29) is 11.0 Å². The lowest BCUT2D eigenvalue weighted by atomic mass is 9.92. The van der Waals surface area contributed by atoms with Crippen molar-refractivity contribution in [2.45, 2.75) is 32.1 Å². The van der Waals surface area contributed by atoms with Crippen LogP contribution in [0.2, 0.25) is 0 Å². The third-order valence-electron chi connectivity index (χ3n) is 2.62. The Bertz CT molecular complexity index is 609. The zero-order chi connectivity index (χ0) is 15.6. The van der Waals surface area contributed by atoms with Crippen LogP contribution in [0.5, 0.6) is 0 Å². The first-order valence-corrected chi connectivity index (χ1v) is 8.34. The van der Waals surface area contributed by atoms with Crippen LogP contribution in [0.25, 0.3) is 0 Å². The topological polar surface area (TPSA) is 63.2 Å². The van der Waals surface area contributed by atoms with E-state index in [4.69, 9.17) is 10.7 Å². The average Bonchev–Trinajstić information content (AvgIpc) is 2.26. The molecule has 1 rings (SSSR count). The number of hydrogen-bond acceptors (Lipinski definition) is 3. The molecule has 112 valence electrons. The molecule has 0 saturated heterocycles. The van der Waals surface area contributed by atoms with Gasteiger partial charge in [-0.2, -0.15) is 0 Å². The molecule has 1 aromatic carbocycles. The molecule has 0 fully saturated rings. The van der Waals surface area contributed by atoms with Crippen LogP contribution in [-0.2, 0) is 9.05 Å². The number of carbonyl (C=O) groups excluding carboxylic acids is 1. The highest BCUT2D eigenvalue weighted by atomic mass is 35.7. The van der Waals surface area contributed by atoms with Crippen molar-refractivity contribution in [1.29, 1.82) is 0 Å². The van der Waals surface area contributed by atoms with Crippen LogP contribution in [0.4, 0.5) is 4.39 Å². The molecule has 0 atom stereocenters. The fraction of sp³-hybridized carbons (Fsp3) is 0.462. The van der Waals surface area contributed by atoms with Crippen LogP contribution in [-0.4, -0.2) is 20.9 Å². The third-order valence-corrected chi connectivity index (χ3v) is 3.95. The summed E-state index contributed by atoms with van der Waals surface area (Å²) < 4.78 is 35.7. The van der Waals surface area contributed by atoms with Gasteiger partial charge in [0.2, 0.25) is 0 Å². The predicted octanol–water partition coefficient (Wildman–Crippen LogP) is 2.92. The van der Waals surface area contributed by atoms with Crippen molar-refractivity contribution in [3.8, 4) is 0 Å². The third kappa shape index (κ3) is 5.09. The van der Waals surface area contributed by atoms with Crippen molar-refractivity contribution in [2.75, 3.05) is 6.54 Å². The maximum Gasteiger partial charge on any atom is 0.264 e. The molecule has 0 aliphatic carbocycles. The molecule has 0 aliphatic heterocycles. The minimum Gasteiger partial charge on any atom is -0.352 e. The first-order chi connectivity index (χ1) is 9.00. The number of carbonyl (C=O) groups is 1. The fourth-order valence-corrected chi connectivity index (χ4v) is 2.41. The van der Waals surface area contributed by atoms with Crippen molar-refractivity contribution in [3.63, 3.8) is 0 Å². The van der Waals surface area contributed by atoms with Crippen LogP contribution in [0, 0.1) is 11.2 Å². The molecule has 1 N–H and O–H groups in total. The van der Waals surface area contributed by atoms with E-state index < -0.39 is 25.7 Å². The molecular weight excluding hydrogens is 305 g/mol. The highest BCUT2D eigenvalue weighted by Gasteiger charge is 2.19. The van der Waals surface area contributed by atoms with Crippen LogP contribution >= 0.6 is 10.7 Å². The number of halogens is 2. The quantitative estimate of drug-likeness (QED) is 0.867. The van der Waals surface area contributed by atoms with Gasteiger partial charge >= 0.3 is 0 Å². The number of benzene rings is 1. The Hall–Kier alpha value is -1.14. The molecule has 0 radical (unpaired) electrons. The first-order valence-electron chi connectivity index (χ1n) is 6.03. The summed E-state index contributed by atoms with van der Waals surface area (Å²) in [7, 11) is 0.889. The second-order valence-corrected chi connectivity index (χ2v) is 8.18. The van der Waals surface area contributed by atoms with E-state index >= 15 is 0 Å². The van der Waals surface area contributed by atoms with E-state index in [1.165, 1.54) is 6.07 Å². The summed E-state index contributed by atoms with van der Waals surface area (Å²) in [5.74, 6) is -1.44. The Balaban J connectivity index is 2.85. The average molecular weight is 322 g/mol. The van der Waals surface area contributed by atoms with Gasteiger partial charge < -0.3 is 5.32 Å². The van der Waals surface area contributed by atoms with Crippen molar-refractivity contribution >= 4 is 25.6 Å². The zero-order valence-electron chi connectivity index (χ0n) is 11.5. The molecule has 0 saturated carbocycles. The molecule has 0 aromatic heterocycles. The lowest BCUT2D eigenvalue weighted by Gasteiger charge is -2.18. The van der Waals surface area contributed by atoms with Crippen molar-refractivity contribution in [3.05, 3.63) is 29.6 Å². The minimum absolute atomic E-state index is 0.0551. The standard InChI is InChI=1S/C13H17ClFNO3S/c1-13(2,3)6-7-16-12(17)9-4-5-10(15)11(8-9)20(14,18)19/h4-5,8H,6-7H2,1-3H3,(H,16,17). The minimum atomic E-state index is -4.22. The summed E-state index contributed by atoms with van der Waals surface area (Å²) in [6, 6.07) is 3.06. The largest absolute Gasteiger partial charge is 0.352 e. The molecule has 0 aliphatic rings.